The first kappa shape index (κ1) is 16.4. The van der Waals surface area contributed by atoms with Gasteiger partial charge in [-0.15, -0.1) is 0 Å². The van der Waals surface area contributed by atoms with Crippen molar-refractivity contribution >= 4 is 10.0 Å². The van der Waals surface area contributed by atoms with Crippen LogP contribution in [0.2, 0.25) is 0 Å². The first-order chi connectivity index (χ1) is 10.0. The molecule has 1 unspecified atom stereocenters. The van der Waals surface area contributed by atoms with Gasteiger partial charge < -0.3 is 10.5 Å². The summed E-state index contributed by atoms with van der Waals surface area (Å²) in [6.45, 7) is 1.14. The van der Waals surface area contributed by atoms with E-state index < -0.39 is 15.8 Å². The fraction of sp³-hybridized carbons (Fsp3) is 0.571. The van der Waals surface area contributed by atoms with Crippen molar-refractivity contribution in [3.05, 3.63) is 29.6 Å². The Morgan fingerprint density at radius 2 is 2.19 bits per heavy atom. The fourth-order valence-electron chi connectivity index (χ4n) is 2.36. The maximum absolute atomic E-state index is 13.8. The standard InChI is InChI=1S/C14H21FN2O3S/c15-13-9-11(10-16)4-5-14(13)21(18,19)17-7-6-12-3-1-2-8-20-12/h4-5,9,12,17H,1-3,6-8,10,16H2. The van der Waals surface area contributed by atoms with Gasteiger partial charge in [-0.25, -0.2) is 17.5 Å². The molecule has 1 heterocycles. The van der Waals surface area contributed by atoms with Gasteiger partial charge in [0.15, 0.2) is 0 Å². The minimum Gasteiger partial charge on any atom is -0.378 e. The fourth-order valence-corrected chi connectivity index (χ4v) is 3.46. The highest BCUT2D eigenvalue weighted by Crippen LogP contribution is 2.17. The molecule has 1 aliphatic heterocycles. The second-order valence-corrected chi connectivity index (χ2v) is 6.88. The predicted molar refractivity (Wildman–Crippen MR) is 77.7 cm³/mol. The van der Waals surface area contributed by atoms with E-state index in [1.54, 1.807) is 0 Å². The van der Waals surface area contributed by atoms with Crippen molar-refractivity contribution in [1.82, 2.24) is 4.72 Å². The zero-order chi connectivity index (χ0) is 15.3. The van der Waals surface area contributed by atoms with Crippen molar-refractivity contribution in [2.45, 2.75) is 43.2 Å². The number of benzene rings is 1. The average Bonchev–Trinajstić information content (AvgIpc) is 2.47. The third-order valence-electron chi connectivity index (χ3n) is 3.55. The summed E-state index contributed by atoms with van der Waals surface area (Å²) in [4.78, 5) is -0.343. The van der Waals surface area contributed by atoms with E-state index >= 15 is 0 Å². The van der Waals surface area contributed by atoms with Crippen LogP contribution in [0.1, 0.15) is 31.2 Å². The molecule has 2 rings (SSSR count). The van der Waals surface area contributed by atoms with Gasteiger partial charge in [-0.3, -0.25) is 0 Å². The van der Waals surface area contributed by atoms with Gasteiger partial charge in [-0.2, -0.15) is 0 Å². The molecule has 3 N–H and O–H groups in total. The number of nitrogens with two attached hydrogens (primary N) is 1. The molecule has 0 amide bonds. The van der Waals surface area contributed by atoms with Gasteiger partial charge in [-0.1, -0.05) is 6.07 Å². The Kier molecular flexibility index (Phi) is 5.69. The van der Waals surface area contributed by atoms with Crippen LogP contribution in [0.4, 0.5) is 4.39 Å². The molecule has 7 heteroatoms. The molecule has 0 spiro atoms. The third-order valence-corrected chi connectivity index (χ3v) is 5.05. The first-order valence-corrected chi connectivity index (χ1v) is 8.61. The summed E-state index contributed by atoms with van der Waals surface area (Å²) < 4.78 is 45.9. The number of nitrogens with one attached hydrogen (secondary N) is 1. The Morgan fingerprint density at radius 3 is 2.81 bits per heavy atom. The molecule has 21 heavy (non-hydrogen) atoms. The minimum absolute atomic E-state index is 0.0888. The Hall–Kier alpha value is -1.02. The van der Waals surface area contributed by atoms with E-state index in [1.807, 2.05) is 0 Å². The van der Waals surface area contributed by atoms with E-state index in [9.17, 15) is 12.8 Å². The SMILES string of the molecule is NCc1ccc(S(=O)(=O)NCCC2CCCCO2)c(F)c1. The lowest BCUT2D eigenvalue weighted by molar-refractivity contribution is 0.0123. The molecule has 1 aromatic rings. The lowest BCUT2D eigenvalue weighted by Crippen LogP contribution is -2.30. The predicted octanol–water partition coefficient (Wildman–Crippen LogP) is 1.52. The number of hydrogen-bond donors (Lipinski definition) is 2. The van der Waals surface area contributed by atoms with Gasteiger partial charge in [0, 0.05) is 19.7 Å². The molecule has 5 nitrogen and oxygen atoms in total. The summed E-state index contributed by atoms with van der Waals surface area (Å²) in [5, 5.41) is 0. The molecule has 118 valence electrons. The molecule has 1 fully saturated rings. The highest BCUT2D eigenvalue weighted by molar-refractivity contribution is 7.89. The van der Waals surface area contributed by atoms with Crippen LogP contribution in [0.25, 0.3) is 0 Å². The molecular formula is C14H21FN2O3S. The molecule has 0 radical (unpaired) electrons. The number of ether oxygens (including phenoxy) is 1. The largest absolute Gasteiger partial charge is 0.378 e. The normalized spacial score (nSPS) is 19.6. The van der Waals surface area contributed by atoms with Crippen LogP contribution in [0, 0.1) is 5.82 Å². The third kappa shape index (κ3) is 4.47. The van der Waals surface area contributed by atoms with Crippen LogP contribution in [-0.4, -0.2) is 27.7 Å². The van der Waals surface area contributed by atoms with Crippen LogP contribution in [0.5, 0.6) is 0 Å². The molecular weight excluding hydrogens is 295 g/mol. The Labute approximate surface area is 124 Å². The van der Waals surface area contributed by atoms with Gasteiger partial charge in [0.25, 0.3) is 0 Å². The van der Waals surface area contributed by atoms with Gasteiger partial charge in [-0.05, 0) is 43.4 Å². The molecule has 1 aromatic carbocycles. The Bertz CT molecular complexity index is 572. The van der Waals surface area contributed by atoms with Crippen molar-refractivity contribution in [2.24, 2.45) is 5.73 Å². The minimum atomic E-state index is -3.84. The van der Waals surface area contributed by atoms with E-state index in [0.717, 1.165) is 31.9 Å². The molecule has 0 bridgehead atoms. The molecule has 1 aliphatic rings. The summed E-state index contributed by atoms with van der Waals surface area (Å²) in [6.07, 6.45) is 3.79. The zero-order valence-electron chi connectivity index (χ0n) is 11.8. The summed E-state index contributed by atoms with van der Waals surface area (Å²) in [5.41, 5.74) is 5.95. The average molecular weight is 316 g/mol. The number of halogens is 1. The van der Waals surface area contributed by atoms with Gasteiger partial charge >= 0.3 is 0 Å². The highest BCUT2D eigenvalue weighted by Gasteiger charge is 2.20. The van der Waals surface area contributed by atoms with E-state index in [4.69, 9.17) is 10.5 Å². The second-order valence-electron chi connectivity index (χ2n) is 5.14. The monoisotopic (exact) mass is 316 g/mol. The van der Waals surface area contributed by atoms with Crippen LogP contribution >= 0.6 is 0 Å². The van der Waals surface area contributed by atoms with Crippen molar-refractivity contribution in [2.75, 3.05) is 13.2 Å². The zero-order valence-corrected chi connectivity index (χ0v) is 12.7. The lowest BCUT2D eigenvalue weighted by atomic mass is 10.1. The van der Waals surface area contributed by atoms with E-state index in [0.29, 0.717) is 12.0 Å². The van der Waals surface area contributed by atoms with Crippen molar-refractivity contribution < 1.29 is 17.5 Å². The molecule has 0 aromatic heterocycles. The van der Waals surface area contributed by atoms with Gasteiger partial charge in [0.2, 0.25) is 10.0 Å². The first-order valence-electron chi connectivity index (χ1n) is 7.12. The summed E-state index contributed by atoms with van der Waals surface area (Å²) in [7, 11) is -3.84. The summed E-state index contributed by atoms with van der Waals surface area (Å²) in [6, 6.07) is 3.91. The van der Waals surface area contributed by atoms with E-state index in [2.05, 4.69) is 4.72 Å². The van der Waals surface area contributed by atoms with Crippen LogP contribution in [0.15, 0.2) is 23.1 Å². The maximum Gasteiger partial charge on any atom is 0.243 e. The lowest BCUT2D eigenvalue weighted by Gasteiger charge is -2.22. The van der Waals surface area contributed by atoms with E-state index in [1.165, 1.54) is 12.1 Å². The Morgan fingerprint density at radius 1 is 1.38 bits per heavy atom. The number of rotatable bonds is 6. The Balaban J connectivity index is 1.94. The second kappa shape index (κ2) is 7.31. The molecule has 0 saturated carbocycles. The number of sulfonamides is 1. The smallest absolute Gasteiger partial charge is 0.243 e. The molecule has 0 aliphatic carbocycles. The van der Waals surface area contributed by atoms with E-state index in [-0.39, 0.29) is 24.1 Å². The molecule has 1 atom stereocenters. The van der Waals surface area contributed by atoms with Gasteiger partial charge in [0.05, 0.1) is 6.10 Å². The van der Waals surface area contributed by atoms with Crippen LogP contribution in [-0.2, 0) is 21.3 Å². The van der Waals surface area contributed by atoms with Crippen molar-refractivity contribution in [3.63, 3.8) is 0 Å². The van der Waals surface area contributed by atoms with Crippen LogP contribution in [0.3, 0.4) is 0 Å². The van der Waals surface area contributed by atoms with Crippen molar-refractivity contribution in [3.8, 4) is 0 Å². The van der Waals surface area contributed by atoms with Crippen LogP contribution < -0.4 is 10.5 Å². The summed E-state index contributed by atoms with van der Waals surface area (Å²) >= 11 is 0. The quantitative estimate of drug-likeness (QED) is 0.834. The highest BCUT2D eigenvalue weighted by atomic mass is 32.2. The maximum atomic E-state index is 13.8. The summed E-state index contributed by atoms with van der Waals surface area (Å²) in [5.74, 6) is -0.778. The van der Waals surface area contributed by atoms with Gasteiger partial charge in [0.1, 0.15) is 10.7 Å². The topological polar surface area (TPSA) is 81.4 Å². The molecule has 1 saturated heterocycles. The number of hydrogen-bond acceptors (Lipinski definition) is 4. The van der Waals surface area contributed by atoms with Crippen molar-refractivity contribution in [1.29, 1.82) is 0 Å².